The van der Waals surface area contributed by atoms with E-state index in [0.29, 0.717) is 11.8 Å². The van der Waals surface area contributed by atoms with Crippen LogP contribution in [-0.4, -0.2) is 31.7 Å². The van der Waals surface area contributed by atoms with E-state index in [-0.39, 0.29) is 0 Å². The molecule has 0 radical (unpaired) electrons. The number of hydrogen-bond donors (Lipinski definition) is 2. The lowest BCUT2D eigenvalue weighted by Crippen LogP contribution is -2.30. The quantitative estimate of drug-likeness (QED) is 0.744. The van der Waals surface area contributed by atoms with E-state index in [1.807, 2.05) is 18.6 Å². The van der Waals surface area contributed by atoms with E-state index in [2.05, 4.69) is 29.5 Å². The van der Waals surface area contributed by atoms with Crippen LogP contribution in [0.4, 0.5) is 0 Å². The number of nitrogens with zero attached hydrogens (tertiary/aromatic N) is 1. The molecule has 0 saturated heterocycles. The molecule has 0 aliphatic carbocycles. The van der Waals surface area contributed by atoms with Crippen molar-refractivity contribution in [2.45, 2.75) is 19.8 Å². The first-order valence-corrected chi connectivity index (χ1v) is 6.36. The maximum atomic E-state index is 4.32. The van der Waals surface area contributed by atoms with Gasteiger partial charge in [-0.15, -0.1) is 11.3 Å². The fourth-order valence-electron chi connectivity index (χ4n) is 1.53. The summed E-state index contributed by atoms with van der Waals surface area (Å²) in [6.07, 6.45) is 1.88. The minimum atomic E-state index is 0.520. The Balaban J connectivity index is 2.15. The Labute approximate surface area is 96.3 Å². The van der Waals surface area contributed by atoms with E-state index in [1.165, 1.54) is 5.01 Å². The lowest BCUT2D eigenvalue weighted by atomic mass is 10.1. The maximum Gasteiger partial charge on any atom is 0.0965 e. The van der Waals surface area contributed by atoms with Crippen molar-refractivity contribution in [3.63, 3.8) is 0 Å². The van der Waals surface area contributed by atoms with Gasteiger partial charge in [0.2, 0.25) is 0 Å². The molecule has 2 atom stereocenters. The Morgan fingerprint density at radius 2 is 2.13 bits per heavy atom. The molecule has 1 aromatic rings. The van der Waals surface area contributed by atoms with Crippen molar-refractivity contribution in [3.8, 4) is 0 Å². The molecule has 0 fully saturated rings. The number of rotatable bonds is 7. The predicted octanol–water partition coefficient (Wildman–Crippen LogP) is 1.69. The molecule has 1 rings (SSSR count). The molecule has 86 valence electrons. The van der Waals surface area contributed by atoms with E-state index < -0.39 is 0 Å². The van der Waals surface area contributed by atoms with Crippen LogP contribution in [0, 0.1) is 5.92 Å². The molecule has 2 N–H and O–H groups in total. The number of hydrogen-bond acceptors (Lipinski definition) is 4. The summed E-state index contributed by atoms with van der Waals surface area (Å²) in [5.74, 6) is 1.20. The van der Waals surface area contributed by atoms with Crippen molar-refractivity contribution >= 4 is 11.3 Å². The van der Waals surface area contributed by atoms with Gasteiger partial charge in [0.15, 0.2) is 0 Å². The molecule has 0 spiro atoms. The SMILES string of the molecule is CNCC(C)CNCC(C)c1nccs1. The van der Waals surface area contributed by atoms with Crippen LogP contribution in [0.3, 0.4) is 0 Å². The highest BCUT2D eigenvalue weighted by atomic mass is 32.1. The summed E-state index contributed by atoms with van der Waals surface area (Å²) in [4.78, 5) is 4.32. The highest BCUT2D eigenvalue weighted by Crippen LogP contribution is 2.16. The van der Waals surface area contributed by atoms with Gasteiger partial charge >= 0.3 is 0 Å². The summed E-state index contributed by atoms with van der Waals surface area (Å²) in [5.41, 5.74) is 0. The number of thiazole rings is 1. The second-order valence-corrected chi connectivity index (χ2v) is 5.02. The van der Waals surface area contributed by atoms with Crippen molar-refractivity contribution in [1.29, 1.82) is 0 Å². The second kappa shape index (κ2) is 6.93. The van der Waals surface area contributed by atoms with Crippen molar-refractivity contribution in [2.24, 2.45) is 5.92 Å². The minimum absolute atomic E-state index is 0.520. The summed E-state index contributed by atoms with van der Waals surface area (Å²) in [6, 6.07) is 0. The zero-order chi connectivity index (χ0) is 11.1. The molecule has 0 bridgehead atoms. The fraction of sp³-hybridized carbons (Fsp3) is 0.727. The summed E-state index contributed by atoms with van der Waals surface area (Å²) >= 11 is 1.74. The first-order chi connectivity index (χ1) is 7.24. The molecule has 0 saturated carbocycles. The van der Waals surface area contributed by atoms with Crippen LogP contribution in [0.5, 0.6) is 0 Å². The average Bonchev–Trinajstić information content (AvgIpc) is 2.70. The molecule has 1 aromatic heterocycles. The highest BCUT2D eigenvalue weighted by molar-refractivity contribution is 7.09. The molecule has 0 amide bonds. The number of nitrogens with one attached hydrogen (secondary N) is 2. The zero-order valence-electron chi connectivity index (χ0n) is 9.79. The van der Waals surface area contributed by atoms with Crippen LogP contribution in [0.1, 0.15) is 24.8 Å². The maximum absolute atomic E-state index is 4.32. The van der Waals surface area contributed by atoms with Crippen LogP contribution in [-0.2, 0) is 0 Å². The van der Waals surface area contributed by atoms with Gasteiger partial charge in [-0.25, -0.2) is 4.98 Å². The molecule has 2 unspecified atom stereocenters. The van der Waals surface area contributed by atoms with Crippen molar-refractivity contribution in [1.82, 2.24) is 15.6 Å². The first kappa shape index (κ1) is 12.6. The Bertz CT molecular complexity index is 248. The third-order valence-electron chi connectivity index (χ3n) is 2.37. The molecule has 4 heteroatoms. The van der Waals surface area contributed by atoms with E-state index in [4.69, 9.17) is 0 Å². The van der Waals surface area contributed by atoms with Gasteiger partial charge in [0.05, 0.1) is 5.01 Å². The largest absolute Gasteiger partial charge is 0.319 e. The fourth-order valence-corrected chi connectivity index (χ4v) is 2.23. The van der Waals surface area contributed by atoms with Gasteiger partial charge in [-0.05, 0) is 26.1 Å². The third kappa shape index (κ3) is 4.73. The summed E-state index contributed by atoms with van der Waals surface area (Å²) in [6.45, 7) is 7.61. The van der Waals surface area contributed by atoms with E-state index in [1.54, 1.807) is 11.3 Å². The lowest BCUT2D eigenvalue weighted by Gasteiger charge is -2.14. The van der Waals surface area contributed by atoms with Gasteiger partial charge in [0.25, 0.3) is 0 Å². The molecule has 15 heavy (non-hydrogen) atoms. The topological polar surface area (TPSA) is 37.0 Å². The Morgan fingerprint density at radius 3 is 2.73 bits per heavy atom. The molecule has 0 aromatic carbocycles. The smallest absolute Gasteiger partial charge is 0.0965 e. The van der Waals surface area contributed by atoms with Crippen molar-refractivity contribution in [3.05, 3.63) is 16.6 Å². The van der Waals surface area contributed by atoms with Gasteiger partial charge < -0.3 is 10.6 Å². The molecule has 0 aliphatic heterocycles. The standard InChI is InChI=1S/C11H21N3S/c1-9(6-12-3)7-13-8-10(2)11-14-4-5-15-11/h4-5,9-10,12-13H,6-8H2,1-3H3. The molecule has 1 heterocycles. The van der Waals surface area contributed by atoms with Crippen LogP contribution in [0.25, 0.3) is 0 Å². The summed E-state index contributed by atoms with van der Waals surface area (Å²) in [7, 11) is 1.99. The van der Waals surface area contributed by atoms with Gasteiger partial charge in [-0.1, -0.05) is 13.8 Å². The Kier molecular flexibility index (Phi) is 5.83. The normalized spacial score (nSPS) is 15.1. The summed E-state index contributed by atoms with van der Waals surface area (Å²) < 4.78 is 0. The van der Waals surface area contributed by atoms with Crippen LogP contribution in [0.2, 0.25) is 0 Å². The average molecular weight is 227 g/mol. The third-order valence-corrected chi connectivity index (χ3v) is 3.38. The monoisotopic (exact) mass is 227 g/mol. The first-order valence-electron chi connectivity index (χ1n) is 5.48. The van der Waals surface area contributed by atoms with Gasteiger partial charge in [-0.3, -0.25) is 0 Å². The molecule has 3 nitrogen and oxygen atoms in total. The zero-order valence-corrected chi connectivity index (χ0v) is 10.6. The van der Waals surface area contributed by atoms with E-state index in [0.717, 1.165) is 19.6 Å². The van der Waals surface area contributed by atoms with Crippen molar-refractivity contribution in [2.75, 3.05) is 26.7 Å². The van der Waals surface area contributed by atoms with E-state index in [9.17, 15) is 0 Å². The Hall–Kier alpha value is -0.450. The second-order valence-electron chi connectivity index (χ2n) is 4.09. The van der Waals surface area contributed by atoms with Crippen LogP contribution < -0.4 is 10.6 Å². The molecular weight excluding hydrogens is 206 g/mol. The van der Waals surface area contributed by atoms with Crippen LogP contribution >= 0.6 is 11.3 Å². The Morgan fingerprint density at radius 1 is 1.33 bits per heavy atom. The van der Waals surface area contributed by atoms with Gasteiger partial charge in [-0.2, -0.15) is 0 Å². The lowest BCUT2D eigenvalue weighted by molar-refractivity contribution is 0.480. The van der Waals surface area contributed by atoms with Crippen molar-refractivity contribution < 1.29 is 0 Å². The van der Waals surface area contributed by atoms with E-state index >= 15 is 0 Å². The predicted molar refractivity (Wildman–Crippen MR) is 66.5 cm³/mol. The highest BCUT2D eigenvalue weighted by Gasteiger charge is 2.08. The van der Waals surface area contributed by atoms with Gasteiger partial charge in [0.1, 0.15) is 0 Å². The number of aromatic nitrogens is 1. The molecular formula is C11H21N3S. The van der Waals surface area contributed by atoms with Crippen LogP contribution in [0.15, 0.2) is 11.6 Å². The van der Waals surface area contributed by atoms with Gasteiger partial charge in [0, 0.05) is 24.0 Å². The summed E-state index contributed by atoms with van der Waals surface area (Å²) in [5, 5.41) is 9.93. The molecule has 0 aliphatic rings. The minimum Gasteiger partial charge on any atom is -0.319 e.